The average Bonchev–Trinajstić information content (AvgIpc) is 3.11. The first kappa shape index (κ1) is 20.1. The van der Waals surface area contributed by atoms with E-state index in [1.807, 2.05) is 18.2 Å². The van der Waals surface area contributed by atoms with Crippen molar-refractivity contribution in [3.8, 4) is 11.3 Å². The van der Waals surface area contributed by atoms with Crippen molar-refractivity contribution in [3.63, 3.8) is 0 Å². The topological polar surface area (TPSA) is 69.3 Å². The van der Waals surface area contributed by atoms with Crippen LogP contribution in [0.15, 0.2) is 54.6 Å². The minimum Gasteiger partial charge on any atom is -0.337 e. The maximum Gasteiger partial charge on any atom is 0.271 e. The number of nitrogens with one attached hydrogen (secondary N) is 1. The van der Waals surface area contributed by atoms with Crippen molar-refractivity contribution < 1.29 is 14.0 Å². The van der Waals surface area contributed by atoms with Crippen LogP contribution in [0.2, 0.25) is 5.02 Å². The number of H-pyrrole nitrogens is 1. The molecule has 2 heterocycles. The molecular formula is C22H20ClFN4O2. The number of aromatic nitrogens is 2. The number of amides is 2. The highest BCUT2D eigenvalue weighted by Crippen LogP contribution is 2.26. The number of halogens is 2. The SMILES string of the molecule is O=C(c1cc(-c2ccccc2Cl)n[nH]1)N1CCCN(C(=O)c2ccccc2F)CC1. The number of rotatable bonds is 3. The fraction of sp³-hybridized carbons (Fsp3) is 0.227. The molecule has 2 aromatic carbocycles. The molecule has 1 N–H and O–H groups in total. The zero-order valence-electron chi connectivity index (χ0n) is 16.1. The summed E-state index contributed by atoms with van der Waals surface area (Å²) in [5, 5.41) is 7.56. The molecule has 8 heteroatoms. The Morgan fingerprint density at radius 1 is 0.933 bits per heavy atom. The van der Waals surface area contributed by atoms with Crippen molar-refractivity contribution in [1.29, 1.82) is 0 Å². The van der Waals surface area contributed by atoms with E-state index in [9.17, 15) is 14.0 Å². The van der Waals surface area contributed by atoms with Crippen LogP contribution >= 0.6 is 11.6 Å². The van der Waals surface area contributed by atoms with Crippen molar-refractivity contribution in [1.82, 2.24) is 20.0 Å². The molecule has 1 aliphatic heterocycles. The van der Waals surface area contributed by atoms with Crippen LogP contribution in [0.5, 0.6) is 0 Å². The summed E-state index contributed by atoms with van der Waals surface area (Å²) in [6.45, 7) is 1.66. The van der Waals surface area contributed by atoms with E-state index in [-0.39, 0.29) is 17.4 Å². The third-order valence-electron chi connectivity index (χ3n) is 5.13. The summed E-state index contributed by atoms with van der Waals surface area (Å²) in [5.41, 5.74) is 1.75. The second-order valence-electron chi connectivity index (χ2n) is 7.06. The predicted molar refractivity (Wildman–Crippen MR) is 112 cm³/mol. The molecule has 1 saturated heterocycles. The Labute approximate surface area is 178 Å². The molecule has 0 atom stereocenters. The van der Waals surface area contributed by atoms with Gasteiger partial charge in [0, 0.05) is 31.7 Å². The number of hydrogen-bond donors (Lipinski definition) is 1. The fourth-order valence-electron chi connectivity index (χ4n) is 3.54. The van der Waals surface area contributed by atoms with Gasteiger partial charge in [-0.15, -0.1) is 0 Å². The molecule has 3 aromatic rings. The Kier molecular flexibility index (Phi) is 5.81. The Morgan fingerprint density at radius 2 is 1.60 bits per heavy atom. The summed E-state index contributed by atoms with van der Waals surface area (Å²) in [6, 6.07) is 14.9. The number of carbonyl (C=O) groups is 2. The molecule has 0 unspecified atom stereocenters. The van der Waals surface area contributed by atoms with Gasteiger partial charge in [0.1, 0.15) is 11.5 Å². The van der Waals surface area contributed by atoms with Crippen LogP contribution in [-0.2, 0) is 0 Å². The first-order valence-corrected chi connectivity index (χ1v) is 10.1. The molecule has 0 bridgehead atoms. The van der Waals surface area contributed by atoms with Gasteiger partial charge in [0.05, 0.1) is 16.3 Å². The maximum absolute atomic E-state index is 14.0. The highest BCUT2D eigenvalue weighted by Gasteiger charge is 2.25. The van der Waals surface area contributed by atoms with Gasteiger partial charge >= 0.3 is 0 Å². The van der Waals surface area contributed by atoms with E-state index in [4.69, 9.17) is 11.6 Å². The van der Waals surface area contributed by atoms with Crippen LogP contribution in [0.25, 0.3) is 11.3 Å². The van der Waals surface area contributed by atoms with Crippen molar-refractivity contribution >= 4 is 23.4 Å². The van der Waals surface area contributed by atoms with Gasteiger partial charge in [-0.25, -0.2) is 4.39 Å². The number of hydrogen-bond acceptors (Lipinski definition) is 3. The summed E-state index contributed by atoms with van der Waals surface area (Å²) in [5.74, 6) is -1.09. The molecule has 1 aromatic heterocycles. The summed E-state index contributed by atoms with van der Waals surface area (Å²) in [4.78, 5) is 28.9. The predicted octanol–water partition coefficient (Wildman–Crippen LogP) is 3.86. The lowest BCUT2D eigenvalue weighted by Gasteiger charge is -2.22. The molecule has 0 radical (unpaired) electrons. The van der Waals surface area contributed by atoms with E-state index in [0.29, 0.717) is 49.0 Å². The second-order valence-corrected chi connectivity index (χ2v) is 7.47. The molecule has 0 aliphatic carbocycles. The van der Waals surface area contributed by atoms with E-state index in [1.165, 1.54) is 12.1 Å². The number of carbonyl (C=O) groups excluding carboxylic acids is 2. The van der Waals surface area contributed by atoms with Gasteiger partial charge in [-0.05, 0) is 30.7 Å². The van der Waals surface area contributed by atoms with E-state index in [2.05, 4.69) is 10.2 Å². The summed E-state index contributed by atoms with van der Waals surface area (Å²) in [6.07, 6.45) is 0.609. The number of aromatic amines is 1. The van der Waals surface area contributed by atoms with Crippen molar-refractivity contribution in [3.05, 3.63) is 76.7 Å². The van der Waals surface area contributed by atoms with Gasteiger partial charge in [-0.3, -0.25) is 14.7 Å². The van der Waals surface area contributed by atoms with Crippen LogP contribution in [0.4, 0.5) is 4.39 Å². The zero-order chi connectivity index (χ0) is 21.1. The Balaban J connectivity index is 1.45. The average molecular weight is 427 g/mol. The number of benzene rings is 2. The van der Waals surface area contributed by atoms with Gasteiger partial charge < -0.3 is 9.80 Å². The van der Waals surface area contributed by atoms with E-state index in [0.717, 1.165) is 5.56 Å². The normalized spacial score (nSPS) is 14.5. The molecule has 154 valence electrons. The van der Waals surface area contributed by atoms with Gasteiger partial charge in [0.15, 0.2) is 0 Å². The minimum atomic E-state index is -0.538. The van der Waals surface area contributed by atoms with Gasteiger partial charge in [-0.1, -0.05) is 41.9 Å². The molecule has 0 saturated carbocycles. The standard InChI is InChI=1S/C22H20ClFN4O2/c23-17-8-3-1-6-15(17)19-14-20(26-25-19)22(30)28-11-5-10-27(12-13-28)21(29)16-7-2-4-9-18(16)24/h1-4,6-9,14H,5,10-13H2,(H,25,26). The largest absolute Gasteiger partial charge is 0.337 e. The highest BCUT2D eigenvalue weighted by atomic mass is 35.5. The lowest BCUT2D eigenvalue weighted by molar-refractivity contribution is 0.0713. The third kappa shape index (κ3) is 4.07. The highest BCUT2D eigenvalue weighted by molar-refractivity contribution is 6.33. The summed E-state index contributed by atoms with van der Waals surface area (Å²) < 4.78 is 14.0. The smallest absolute Gasteiger partial charge is 0.271 e. The lowest BCUT2D eigenvalue weighted by atomic mass is 10.1. The van der Waals surface area contributed by atoms with Crippen LogP contribution < -0.4 is 0 Å². The molecule has 6 nitrogen and oxygen atoms in total. The first-order valence-electron chi connectivity index (χ1n) is 9.68. The lowest BCUT2D eigenvalue weighted by Crippen LogP contribution is -2.37. The third-order valence-corrected chi connectivity index (χ3v) is 5.46. The van der Waals surface area contributed by atoms with Gasteiger partial charge in [-0.2, -0.15) is 5.10 Å². The van der Waals surface area contributed by atoms with E-state index >= 15 is 0 Å². The quantitative estimate of drug-likeness (QED) is 0.691. The Hall–Kier alpha value is -3.19. The van der Waals surface area contributed by atoms with E-state index < -0.39 is 5.82 Å². The van der Waals surface area contributed by atoms with Crippen LogP contribution in [-0.4, -0.2) is 58.0 Å². The zero-order valence-corrected chi connectivity index (χ0v) is 16.9. The van der Waals surface area contributed by atoms with Crippen molar-refractivity contribution in [2.45, 2.75) is 6.42 Å². The summed E-state index contributed by atoms with van der Waals surface area (Å²) >= 11 is 6.21. The van der Waals surface area contributed by atoms with Crippen molar-refractivity contribution in [2.24, 2.45) is 0 Å². The monoisotopic (exact) mass is 426 g/mol. The van der Waals surface area contributed by atoms with Gasteiger partial charge in [0.25, 0.3) is 11.8 Å². The number of nitrogens with zero attached hydrogens (tertiary/aromatic N) is 3. The molecule has 4 rings (SSSR count). The van der Waals surface area contributed by atoms with Crippen LogP contribution in [0.1, 0.15) is 27.3 Å². The first-order chi connectivity index (χ1) is 14.5. The minimum absolute atomic E-state index is 0.0511. The van der Waals surface area contributed by atoms with Gasteiger partial charge in [0.2, 0.25) is 0 Å². The molecule has 1 aliphatic rings. The molecule has 2 amide bonds. The fourth-order valence-corrected chi connectivity index (χ4v) is 3.77. The second kappa shape index (κ2) is 8.67. The van der Waals surface area contributed by atoms with E-state index in [1.54, 1.807) is 34.1 Å². The molecule has 0 spiro atoms. The van der Waals surface area contributed by atoms with Crippen LogP contribution in [0, 0.1) is 5.82 Å². The van der Waals surface area contributed by atoms with Crippen molar-refractivity contribution in [2.75, 3.05) is 26.2 Å². The maximum atomic E-state index is 14.0. The summed E-state index contributed by atoms with van der Waals surface area (Å²) in [7, 11) is 0. The molecular weight excluding hydrogens is 407 g/mol. The van der Waals surface area contributed by atoms with Crippen LogP contribution in [0.3, 0.4) is 0 Å². The molecule has 30 heavy (non-hydrogen) atoms. The Morgan fingerprint density at radius 3 is 2.33 bits per heavy atom. The Bertz CT molecular complexity index is 1080. The molecule has 1 fully saturated rings.